The van der Waals surface area contributed by atoms with Gasteiger partial charge in [0, 0.05) is 51.7 Å². The molecule has 2 heterocycles. The lowest BCUT2D eigenvalue weighted by Crippen LogP contribution is -2.52. The minimum Gasteiger partial charge on any atom is -0.395 e. The van der Waals surface area contributed by atoms with Gasteiger partial charge in [-0.25, -0.2) is 4.98 Å². The molecule has 0 amide bonds. The molecule has 0 spiro atoms. The molecule has 6 heteroatoms. The van der Waals surface area contributed by atoms with Crippen LogP contribution in [0.4, 0.5) is 0 Å². The summed E-state index contributed by atoms with van der Waals surface area (Å²) < 4.78 is 7.24. The van der Waals surface area contributed by atoms with Crippen molar-refractivity contribution in [3.05, 3.63) is 18.2 Å². The molecule has 1 aliphatic heterocycles. The van der Waals surface area contributed by atoms with Gasteiger partial charge in [0.15, 0.2) is 0 Å². The summed E-state index contributed by atoms with van der Waals surface area (Å²) in [7, 11) is 3.78. The molecule has 6 nitrogen and oxygen atoms in total. The average molecular weight is 268 g/mol. The first-order valence-corrected chi connectivity index (χ1v) is 6.77. The lowest BCUT2D eigenvalue weighted by molar-refractivity contribution is 0.0520. The molecule has 1 aromatic rings. The summed E-state index contributed by atoms with van der Waals surface area (Å²) in [6.45, 7) is 5.48. The van der Waals surface area contributed by atoms with Gasteiger partial charge in [0.25, 0.3) is 0 Å². The van der Waals surface area contributed by atoms with E-state index in [4.69, 9.17) is 4.74 Å². The van der Waals surface area contributed by atoms with Crippen LogP contribution in [0.1, 0.15) is 5.82 Å². The maximum absolute atomic E-state index is 9.37. The zero-order valence-electron chi connectivity index (χ0n) is 11.8. The molecular formula is C13H24N4O2. The fourth-order valence-corrected chi connectivity index (χ4v) is 2.44. The van der Waals surface area contributed by atoms with E-state index in [9.17, 15) is 5.11 Å². The second kappa shape index (κ2) is 7.00. The number of aliphatic hydroxyl groups is 1. The highest BCUT2D eigenvalue weighted by molar-refractivity contribution is 4.94. The Bertz CT molecular complexity index is 382. The summed E-state index contributed by atoms with van der Waals surface area (Å²) in [4.78, 5) is 8.99. The third-order valence-corrected chi connectivity index (χ3v) is 3.78. The summed E-state index contributed by atoms with van der Waals surface area (Å²) in [5.74, 6) is 1.07. The summed E-state index contributed by atoms with van der Waals surface area (Å²) in [5.41, 5.74) is 0. The fraction of sp³-hybridized carbons (Fsp3) is 0.769. The van der Waals surface area contributed by atoms with E-state index < -0.39 is 0 Å². The van der Waals surface area contributed by atoms with Crippen LogP contribution in [0.15, 0.2) is 12.4 Å². The Morgan fingerprint density at radius 2 is 2.32 bits per heavy atom. The Hall–Kier alpha value is -0.950. The van der Waals surface area contributed by atoms with E-state index in [1.54, 1.807) is 7.11 Å². The summed E-state index contributed by atoms with van der Waals surface area (Å²) >= 11 is 0. The molecule has 1 aromatic heterocycles. The number of likely N-dealkylation sites (N-methyl/N-ethyl adjacent to an activating group) is 1. The Morgan fingerprint density at radius 3 is 3.05 bits per heavy atom. The normalized spacial score (nSPS) is 21.9. The van der Waals surface area contributed by atoms with Gasteiger partial charge in [-0.1, -0.05) is 0 Å². The van der Waals surface area contributed by atoms with Crippen LogP contribution in [0.25, 0.3) is 0 Å². The van der Waals surface area contributed by atoms with Gasteiger partial charge >= 0.3 is 0 Å². The fourth-order valence-electron chi connectivity index (χ4n) is 2.44. The number of piperazine rings is 1. The van der Waals surface area contributed by atoms with E-state index in [0.29, 0.717) is 6.61 Å². The Labute approximate surface area is 114 Å². The zero-order chi connectivity index (χ0) is 13.7. The van der Waals surface area contributed by atoms with Crippen molar-refractivity contribution < 1.29 is 9.84 Å². The number of rotatable bonds is 6. The van der Waals surface area contributed by atoms with Crippen LogP contribution in [0.3, 0.4) is 0 Å². The minimum atomic E-state index is 0.213. The molecule has 0 unspecified atom stereocenters. The molecule has 0 aromatic carbocycles. The quantitative estimate of drug-likeness (QED) is 0.763. The van der Waals surface area contributed by atoms with Gasteiger partial charge in [0.1, 0.15) is 5.82 Å². The maximum atomic E-state index is 9.37. The number of nitrogens with zero attached hydrogens (tertiary/aromatic N) is 4. The monoisotopic (exact) mass is 268 g/mol. The molecule has 1 N–H and O–H groups in total. The highest BCUT2D eigenvalue weighted by Gasteiger charge is 2.24. The van der Waals surface area contributed by atoms with Crippen LogP contribution >= 0.6 is 0 Å². The molecule has 19 heavy (non-hydrogen) atoms. The second-order valence-electron chi connectivity index (χ2n) is 5.08. The first-order chi connectivity index (χ1) is 9.24. The number of hydrogen-bond acceptors (Lipinski definition) is 5. The standard InChI is InChI=1S/C13H24N4O2/c1-15-5-6-16(9-12(15)11-18)10-13-14-3-4-17(13)7-8-19-2/h3-4,12,18H,5-11H2,1-2H3/t12-/m0/s1. The van der Waals surface area contributed by atoms with Crippen molar-refractivity contribution in [2.45, 2.75) is 19.1 Å². The number of aromatic nitrogens is 2. The lowest BCUT2D eigenvalue weighted by Gasteiger charge is -2.38. The van der Waals surface area contributed by atoms with Gasteiger partial charge in [-0.15, -0.1) is 0 Å². The third-order valence-electron chi connectivity index (χ3n) is 3.78. The largest absolute Gasteiger partial charge is 0.395 e. The molecular weight excluding hydrogens is 244 g/mol. The van der Waals surface area contributed by atoms with Crippen molar-refractivity contribution in [1.82, 2.24) is 19.4 Å². The summed E-state index contributed by atoms with van der Waals surface area (Å²) in [6.07, 6.45) is 3.83. The van der Waals surface area contributed by atoms with Crippen LogP contribution < -0.4 is 0 Å². The van der Waals surface area contributed by atoms with Crippen LogP contribution in [-0.2, 0) is 17.8 Å². The van der Waals surface area contributed by atoms with Crippen LogP contribution in [0.2, 0.25) is 0 Å². The SMILES string of the molecule is COCCn1ccnc1CN1CCN(C)[C@H](CO)C1. The molecule has 0 saturated carbocycles. The van der Waals surface area contributed by atoms with E-state index in [2.05, 4.69) is 26.4 Å². The third kappa shape index (κ3) is 3.76. The average Bonchev–Trinajstić information content (AvgIpc) is 2.86. The predicted molar refractivity (Wildman–Crippen MR) is 72.9 cm³/mol. The number of methoxy groups -OCH3 is 1. The molecule has 1 saturated heterocycles. The molecule has 0 radical (unpaired) electrons. The first-order valence-electron chi connectivity index (χ1n) is 6.77. The van der Waals surface area contributed by atoms with Crippen molar-refractivity contribution in [1.29, 1.82) is 0 Å². The molecule has 1 fully saturated rings. The first kappa shape index (κ1) is 14.5. The minimum absolute atomic E-state index is 0.213. The molecule has 0 bridgehead atoms. The number of hydrogen-bond donors (Lipinski definition) is 1. The van der Waals surface area contributed by atoms with E-state index in [-0.39, 0.29) is 12.6 Å². The molecule has 2 rings (SSSR count). The smallest absolute Gasteiger partial charge is 0.122 e. The Kier molecular flexibility index (Phi) is 5.33. The summed E-state index contributed by atoms with van der Waals surface area (Å²) in [5, 5.41) is 9.37. The van der Waals surface area contributed by atoms with E-state index in [0.717, 1.165) is 38.5 Å². The lowest BCUT2D eigenvalue weighted by atomic mass is 10.2. The van der Waals surface area contributed by atoms with E-state index >= 15 is 0 Å². The van der Waals surface area contributed by atoms with Crippen LogP contribution in [0, 0.1) is 0 Å². The topological polar surface area (TPSA) is 53.8 Å². The van der Waals surface area contributed by atoms with Crippen molar-refractivity contribution in [2.24, 2.45) is 0 Å². The number of ether oxygens (including phenoxy) is 1. The summed E-state index contributed by atoms with van der Waals surface area (Å²) in [6, 6.07) is 0.233. The number of imidazole rings is 1. The predicted octanol–water partition coefficient (Wildman–Crippen LogP) is -0.362. The van der Waals surface area contributed by atoms with Gasteiger partial charge in [-0.05, 0) is 7.05 Å². The van der Waals surface area contributed by atoms with Crippen LogP contribution in [-0.4, -0.2) is 77.5 Å². The van der Waals surface area contributed by atoms with E-state index in [1.165, 1.54) is 0 Å². The molecule has 0 aliphatic carbocycles. The van der Waals surface area contributed by atoms with E-state index in [1.807, 2.05) is 12.4 Å². The van der Waals surface area contributed by atoms with Crippen molar-refractivity contribution >= 4 is 0 Å². The molecule has 108 valence electrons. The molecule has 1 aliphatic rings. The zero-order valence-corrected chi connectivity index (χ0v) is 11.8. The van der Waals surface area contributed by atoms with Crippen molar-refractivity contribution in [3.8, 4) is 0 Å². The van der Waals surface area contributed by atoms with Gasteiger partial charge in [0.2, 0.25) is 0 Å². The van der Waals surface area contributed by atoms with Gasteiger partial charge in [-0.2, -0.15) is 0 Å². The van der Waals surface area contributed by atoms with Gasteiger partial charge < -0.3 is 14.4 Å². The molecule has 1 atom stereocenters. The van der Waals surface area contributed by atoms with Gasteiger partial charge in [0.05, 0.1) is 19.8 Å². The number of aliphatic hydroxyl groups excluding tert-OH is 1. The highest BCUT2D eigenvalue weighted by atomic mass is 16.5. The maximum Gasteiger partial charge on any atom is 0.122 e. The van der Waals surface area contributed by atoms with Crippen molar-refractivity contribution in [3.63, 3.8) is 0 Å². The Balaban J connectivity index is 1.92. The Morgan fingerprint density at radius 1 is 1.47 bits per heavy atom. The van der Waals surface area contributed by atoms with Crippen LogP contribution in [0.5, 0.6) is 0 Å². The van der Waals surface area contributed by atoms with Crippen molar-refractivity contribution in [2.75, 3.05) is 47.0 Å². The highest BCUT2D eigenvalue weighted by Crippen LogP contribution is 2.11. The second-order valence-corrected chi connectivity index (χ2v) is 5.08. The van der Waals surface area contributed by atoms with Gasteiger partial charge in [-0.3, -0.25) is 9.80 Å².